The van der Waals surface area contributed by atoms with Crippen molar-refractivity contribution in [2.24, 2.45) is 0 Å². The van der Waals surface area contributed by atoms with Crippen LogP contribution in [-0.2, 0) is 0 Å². The Hall–Kier alpha value is -7.24. The molecule has 2 aromatic heterocycles. The molecule has 0 spiro atoms. The zero-order valence-electron chi connectivity index (χ0n) is 28.6. The summed E-state index contributed by atoms with van der Waals surface area (Å²) in [4.78, 5) is 20.6. The fourth-order valence-corrected chi connectivity index (χ4v) is 7.33. The van der Waals surface area contributed by atoms with Crippen molar-refractivity contribution in [3.63, 3.8) is 0 Å². The molecule has 0 aliphatic carbocycles. The minimum absolute atomic E-state index is 0.591. The number of benzene rings is 8. The third-order valence-electron chi connectivity index (χ3n) is 9.80. The Morgan fingerprint density at radius 2 is 0.849 bits per heavy atom. The first-order valence-corrected chi connectivity index (χ1v) is 17.7. The second-order valence-corrected chi connectivity index (χ2v) is 13.1. The number of hydrogen-bond donors (Lipinski definition) is 0. The van der Waals surface area contributed by atoms with E-state index in [-0.39, 0.29) is 0 Å². The van der Waals surface area contributed by atoms with Crippen molar-refractivity contribution < 1.29 is 0 Å². The molecule has 248 valence electrons. The van der Waals surface area contributed by atoms with Crippen LogP contribution < -0.4 is 0 Å². The molecule has 0 atom stereocenters. The molecule has 0 aliphatic rings. The van der Waals surface area contributed by atoms with Crippen molar-refractivity contribution in [2.45, 2.75) is 0 Å². The van der Waals surface area contributed by atoms with Crippen LogP contribution in [0, 0.1) is 0 Å². The van der Waals surface area contributed by atoms with Crippen LogP contribution in [0.5, 0.6) is 0 Å². The van der Waals surface area contributed by atoms with Crippen molar-refractivity contribution in [2.75, 3.05) is 0 Å². The summed E-state index contributed by atoms with van der Waals surface area (Å²) in [6, 6.07) is 65.2. The maximum atomic E-state index is 5.28. The van der Waals surface area contributed by atoms with Gasteiger partial charge in [-0.15, -0.1) is 0 Å². The molecular weight excluding hydrogens is 647 g/mol. The van der Waals surface area contributed by atoms with Crippen LogP contribution in [0.1, 0.15) is 0 Å². The van der Waals surface area contributed by atoms with Gasteiger partial charge in [0, 0.05) is 27.9 Å². The zero-order chi connectivity index (χ0) is 35.1. The lowest BCUT2D eigenvalue weighted by Crippen LogP contribution is -2.01. The summed E-state index contributed by atoms with van der Waals surface area (Å²) in [6.07, 6.45) is 0. The number of para-hydroxylation sites is 3. The Labute approximate surface area is 306 Å². The van der Waals surface area contributed by atoms with E-state index in [4.69, 9.17) is 19.9 Å². The predicted octanol–water partition coefficient (Wildman–Crippen LogP) is 11.9. The van der Waals surface area contributed by atoms with Crippen molar-refractivity contribution >= 4 is 32.6 Å². The number of nitrogens with zero attached hydrogens (tertiary/aromatic N) is 5. The highest BCUT2D eigenvalue weighted by Crippen LogP contribution is 2.40. The molecule has 5 nitrogen and oxygen atoms in total. The Balaban J connectivity index is 1.29. The van der Waals surface area contributed by atoms with Gasteiger partial charge in [0.05, 0.1) is 11.0 Å². The largest absolute Gasteiger partial charge is 0.292 e. The molecular formula is C48H31N5. The SMILES string of the molecule is c1ccc(-c2nc(-c3ccccc3)nc(-c3cc(-c4cc5ccccc5c5ccccc45)cc(-c4nc5ccccc5n4-c4ccccc4)c3)n2)cc1. The molecule has 8 aromatic carbocycles. The first-order chi connectivity index (χ1) is 26.3. The highest BCUT2D eigenvalue weighted by Gasteiger charge is 2.20. The van der Waals surface area contributed by atoms with Crippen molar-refractivity contribution in [1.29, 1.82) is 0 Å². The molecule has 0 radical (unpaired) electrons. The summed E-state index contributed by atoms with van der Waals surface area (Å²) in [7, 11) is 0. The van der Waals surface area contributed by atoms with Crippen molar-refractivity contribution in [3.8, 4) is 62.4 Å². The highest BCUT2D eigenvalue weighted by atomic mass is 15.1. The van der Waals surface area contributed by atoms with Gasteiger partial charge in [-0.25, -0.2) is 19.9 Å². The Morgan fingerprint density at radius 1 is 0.340 bits per heavy atom. The highest BCUT2D eigenvalue weighted by molar-refractivity contribution is 6.14. The number of rotatable bonds is 6. The van der Waals surface area contributed by atoms with Crippen molar-refractivity contribution in [3.05, 3.63) is 188 Å². The third-order valence-corrected chi connectivity index (χ3v) is 9.80. The maximum Gasteiger partial charge on any atom is 0.164 e. The van der Waals surface area contributed by atoms with Gasteiger partial charge in [-0.2, -0.15) is 0 Å². The summed E-state index contributed by atoms with van der Waals surface area (Å²) in [6.45, 7) is 0. The number of hydrogen-bond acceptors (Lipinski definition) is 4. The quantitative estimate of drug-likeness (QED) is 0.164. The van der Waals surface area contributed by atoms with Crippen LogP contribution in [0.2, 0.25) is 0 Å². The molecule has 0 unspecified atom stereocenters. The number of imidazole rings is 1. The number of fused-ring (bicyclic) bond motifs is 4. The van der Waals surface area contributed by atoms with E-state index in [1.165, 1.54) is 21.5 Å². The van der Waals surface area contributed by atoms with Gasteiger partial charge in [0.1, 0.15) is 5.82 Å². The molecule has 0 saturated heterocycles. The molecule has 10 aromatic rings. The van der Waals surface area contributed by atoms with E-state index in [0.717, 1.165) is 55.9 Å². The zero-order valence-corrected chi connectivity index (χ0v) is 28.6. The van der Waals surface area contributed by atoms with Gasteiger partial charge in [-0.1, -0.05) is 140 Å². The Bertz CT molecular complexity index is 2880. The lowest BCUT2D eigenvalue weighted by Gasteiger charge is -2.16. The van der Waals surface area contributed by atoms with E-state index in [2.05, 4.69) is 120 Å². The first-order valence-electron chi connectivity index (χ1n) is 17.7. The molecule has 0 bridgehead atoms. The topological polar surface area (TPSA) is 56.5 Å². The van der Waals surface area contributed by atoms with Gasteiger partial charge in [0.2, 0.25) is 0 Å². The first kappa shape index (κ1) is 30.6. The summed E-state index contributed by atoms with van der Waals surface area (Å²) >= 11 is 0. The molecule has 2 heterocycles. The van der Waals surface area contributed by atoms with Gasteiger partial charge in [0.25, 0.3) is 0 Å². The minimum Gasteiger partial charge on any atom is -0.292 e. The molecule has 0 amide bonds. The van der Waals surface area contributed by atoms with Crippen LogP contribution in [0.15, 0.2) is 188 Å². The van der Waals surface area contributed by atoms with Crippen LogP contribution in [0.4, 0.5) is 0 Å². The Kier molecular flexibility index (Phi) is 7.40. The van der Waals surface area contributed by atoms with Crippen LogP contribution in [0.3, 0.4) is 0 Å². The molecule has 0 saturated carbocycles. The molecule has 10 rings (SSSR count). The average molecular weight is 678 g/mol. The van der Waals surface area contributed by atoms with Crippen molar-refractivity contribution in [1.82, 2.24) is 24.5 Å². The van der Waals surface area contributed by atoms with E-state index >= 15 is 0 Å². The summed E-state index contributed by atoms with van der Waals surface area (Å²) < 4.78 is 2.24. The van der Waals surface area contributed by atoms with Gasteiger partial charge < -0.3 is 0 Å². The lowest BCUT2D eigenvalue weighted by atomic mass is 9.91. The predicted molar refractivity (Wildman–Crippen MR) is 217 cm³/mol. The molecule has 0 N–H and O–H groups in total. The third kappa shape index (κ3) is 5.52. The normalized spacial score (nSPS) is 11.4. The van der Waals surface area contributed by atoms with Gasteiger partial charge in [0.15, 0.2) is 17.5 Å². The molecule has 53 heavy (non-hydrogen) atoms. The molecule has 0 aliphatic heterocycles. The molecule has 0 fully saturated rings. The standard InChI is InChI=1S/C48H31N5/c1-4-16-32(17-5-1)45-50-46(33-18-6-2-7-19-33)52-47(51-45)36-28-35(42-31-34-20-10-11-23-39(34)40-24-12-13-25-41(40)42)29-37(30-36)48-49-43-26-14-15-27-44(43)53(48)38-21-8-3-9-22-38/h1-31H. The summed E-state index contributed by atoms with van der Waals surface area (Å²) in [5, 5.41) is 4.80. The second-order valence-electron chi connectivity index (χ2n) is 13.1. The van der Waals surface area contributed by atoms with E-state index in [0.29, 0.717) is 17.5 Å². The minimum atomic E-state index is 0.591. The van der Waals surface area contributed by atoms with Gasteiger partial charge >= 0.3 is 0 Å². The summed E-state index contributed by atoms with van der Waals surface area (Å²) in [5.74, 6) is 2.67. The van der Waals surface area contributed by atoms with E-state index in [1.54, 1.807) is 0 Å². The lowest BCUT2D eigenvalue weighted by molar-refractivity contribution is 1.07. The smallest absolute Gasteiger partial charge is 0.164 e. The van der Waals surface area contributed by atoms with E-state index in [1.807, 2.05) is 72.8 Å². The maximum absolute atomic E-state index is 5.28. The number of aromatic nitrogens is 5. The van der Waals surface area contributed by atoms with Crippen LogP contribution in [0.25, 0.3) is 94.9 Å². The van der Waals surface area contributed by atoms with E-state index in [9.17, 15) is 0 Å². The fraction of sp³-hybridized carbons (Fsp3) is 0. The van der Waals surface area contributed by atoms with Gasteiger partial charge in [-0.3, -0.25) is 4.57 Å². The average Bonchev–Trinajstić information content (AvgIpc) is 3.64. The monoisotopic (exact) mass is 677 g/mol. The van der Waals surface area contributed by atoms with Gasteiger partial charge in [-0.05, 0) is 81.2 Å². The second kappa shape index (κ2) is 12.8. The Morgan fingerprint density at radius 3 is 1.55 bits per heavy atom. The summed E-state index contributed by atoms with van der Waals surface area (Å²) in [5.41, 5.74) is 8.86. The molecule has 5 heteroatoms. The van der Waals surface area contributed by atoms with E-state index < -0.39 is 0 Å². The fourth-order valence-electron chi connectivity index (χ4n) is 7.33. The van der Waals surface area contributed by atoms with Crippen LogP contribution >= 0.6 is 0 Å². The van der Waals surface area contributed by atoms with Crippen LogP contribution in [-0.4, -0.2) is 24.5 Å².